The summed E-state index contributed by atoms with van der Waals surface area (Å²) in [6.07, 6.45) is 0. The van der Waals surface area contributed by atoms with Crippen LogP contribution in [0.1, 0.15) is 26.3 Å². The molecule has 0 saturated carbocycles. The zero-order valence-electron chi connectivity index (χ0n) is 12.3. The summed E-state index contributed by atoms with van der Waals surface area (Å²) in [5, 5.41) is 0. The lowest BCUT2D eigenvalue weighted by molar-refractivity contribution is 0.590. The van der Waals surface area contributed by atoms with Gasteiger partial charge in [0.1, 0.15) is 11.3 Å². The minimum Gasteiger partial charge on any atom is -0.436 e. The monoisotopic (exact) mass is 284 g/mol. The van der Waals surface area contributed by atoms with Gasteiger partial charge < -0.3 is 10.2 Å². The molecule has 0 bridgehead atoms. The summed E-state index contributed by atoms with van der Waals surface area (Å²) in [4.78, 5) is 4.45. The van der Waals surface area contributed by atoms with Crippen LogP contribution in [0.2, 0.25) is 0 Å². The van der Waals surface area contributed by atoms with Gasteiger partial charge in [-0.25, -0.2) is 9.37 Å². The van der Waals surface area contributed by atoms with Gasteiger partial charge in [0, 0.05) is 5.56 Å². The molecule has 0 radical (unpaired) electrons. The molecule has 0 aliphatic heterocycles. The summed E-state index contributed by atoms with van der Waals surface area (Å²) >= 11 is 0. The number of benzene rings is 2. The maximum Gasteiger partial charge on any atom is 0.227 e. The number of rotatable bonds is 1. The first-order valence-corrected chi connectivity index (χ1v) is 6.81. The molecule has 2 aromatic carbocycles. The first-order chi connectivity index (χ1) is 9.84. The molecule has 4 heteroatoms. The van der Waals surface area contributed by atoms with Crippen molar-refractivity contribution >= 4 is 16.8 Å². The molecule has 0 saturated heterocycles. The predicted octanol–water partition coefficient (Wildman–Crippen LogP) is 4.51. The van der Waals surface area contributed by atoms with Crippen LogP contribution in [0.3, 0.4) is 0 Å². The Morgan fingerprint density at radius 3 is 2.52 bits per heavy atom. The molecule has 0 aliphatic carbocycles. The van der Waals surface area contributed by atoms with Gasteiger partial charge in [-0.2, -0.15) is 0 Å². The molecule has 0 aliphatic rings. The second-order valence-electron chi connectivity index (χ2n) is 6.19. The summed E-state index contributed by atoms with van der Waals surface area (Å²) in [6.45, 7) is 6.43. The topological polar surface area (TPSA) is 52.0 Å². The minimum absolute atomic E-state index is 0.0423. The van der Waals surface area contributed by atoms with Crippen LogP contribution in [-0.2, 0) is 5.41 Å². The van der Waals surface area contributed by atoms with Gasteiger partial charge in [0.05, 0.1) is 5.69 Å². The second-order valence-corrected chi connectivity index (χ2v) is 6.19. The first kappa shape index (κ1) is 13.6. The van der Waals surface area contributed by atoms with Crippen LogP contribution in [0.15, 0.2) is 40.8 Å². The van der Waals surface area contributed by atoms with Gasteiger partial charge in [-0.05, 0) is 41.3 Å². The normalized spacial score (nSPS) is 12.0. The highest BCUT2D eigenvalue weighted by Gasteiger charge is 2.16. The number of nitrogen functional groups attached to an aromatic ring is 1. The zero-order chi connectivity index (χ0) is 15.2. The van der Waals surface area contributed by atoms with Crippen LogP contribution in [0.5, 0.6) is 0 Å². The van der Waals surface area contributed by atoms with E-state index < -0.39 is 5.82 Å². The maximum absolute atomic E-state index is 13.5. The maximum atomic E-state index is 13.5. The highest BCUT2D eigenvalue weighted by Crippen LogP contribution is 2.30. The molecular formula is C17H17FN2O. The summed E-state index contributed by atoms with van der Waals surface area (Å²) < 4.78 is 19.2. The number of hydrogen-bond donors (Lipinski definition) is 1. The van der Waals surface area contributed by atoms with E-state index in [1.165, 1.54) is 17.7 Å². The molecule has 3 aromatic rings. The van der Waals surface area contributed by atoms with Crippen LogP contribution in [0.25, 0.3) is 22.6 Å². The van der Waals surface area contributed by atoms with E-state index in [1.807, 2.05) is 18.2 Å². The lowest BCUT2D eigenvalue weighted by Crippen LogP contribution is -2.10. The Hall–Kier alpha value is -2.36. The van der Waals surface area contributed by atoms with E-state index in [9.17, 15) is 4.39 Å². The van der Waals surface area contributed by atoms with E-state index in [0.717, 1.165) is 5.52 Å². The number of halogens is 1. The number of nitrogens with zero attached hydrogens (tertiary/aromatic N) is 1. The summed E-state index contributed by atoms with van der Waals surface area (Å²) in [5.41, 5.74) is 8.86. The van der Waals surface area contributed by atoms with Crippen molar-refractivity contribution in [2.75, 3.05) is 5.73 Å². The average Bonchev–Trinajstić information content (AvgIpc) is 2.83. The number of hydrogen-bond acceptors (Lipinski definition) is 3. The number of fused-ring (bicyclic) bond motifs is 1. The van der Waals surface area contributed by atoms with Gasteiger partial charge in [0.2, 0.25) is 5.89 Å². The van der Waals surface area contributed by atoms with Crippen molar-refractivity contribution in [3.8, 4) is 11.5 Å². The van der Waals surface area contributed by atoms with E-state index in [0.29, 0.717) is 17.0 Å². The summed E-state index contributed by atoms with van der Waals surface area (Å²) in [7, 11) is 0. The van der Waals surface area contributed by atoms with E-state index >= 15 is 0 Å². The Balaban J connectivity index is 2.10. The van der Waals surface area contributed by atoms with Crippen LogP contribution in [0.4, 0.5) is 10.1 Å². The molecule has 1 heterocycles. The summed E-state index contributed by atoms with van der Waals surface area (Å²) in [5.74, 6) is -0.0694. The van der Waals surface area contributed by atoms with Crippen molar-refractivity contribution in [1.29, 1.82) is 0 Å². The minimum atomic E-state index is -0.467. The second kappa shape index (κ2) is 4.58. The third-order valence-corrected chi connectivity index (χ3v) is 3.50. The van der Waals surface area contributed by atoms with Crippen molar-refractivity contribution < 1.29 is 8.81 Å². The highest BCUT2D eigenvalue weighted by atomic mass is 19.1. The van der Waals surface area contributed by atoms with E-state index in [-0.39, 0.29) is 11.1 Å². The van der Waals surface area contributed by atoms with E-state index in [1.54, 1.807) is 6.07 Å². The zero-order valence-corrected chi connectivity index (χ0v) is 12.3. The highest BCUT2D eigenvalue weighted by molar-refractivity contribution is 5.77. The lowest BCUT2D eigenvalue weighted by Gasteiger charge is -2.18. The Morgan fingerprint density at radius 2 is 1.86 bits per heavy atom. The van der Waals surface area contributed by atoms with Gasteiger partial charge in [0.15, 0.2) is 5.58 Å². The Labute approximate surface area is 122 Å². The Morgan fingerprint density at radius 1 is 1.10 bits per heavy atom. The number of oxazole rings is 1. The van der Waals surface area contributed by atoms with Crippen molar-refractivity contribution in [1.82, 2.24) is 4.98 Å². The Kier molecular flexibility index (Phi) is 2.97. The van der Waals surface area contributed by atoms with Crippen LogP contribution >= 0.6 is 0 Å². The molecule has 108 valence electrons. The fourth-order valence-electron chi connectivity index (χ4n) is 2.18. The molecule has 3 nitrogen and oxygen atoms in total. The number of nitrogens with two attached hydrogens (primary N) is 1. The molecule has 3 rings (SSSR count). The molecule has 0 unspecified atom stereocenters. The van der Waals surface area contributed by atoms with Crippen molar-refractivity contribution in [3.63, 3.8) is 0 Å². The molecule has 0 spiro atoms. The van der Waals surface area contributed by atoms with Crippen LogP contribution in [0, 0.1) is 5.82 Å². The van der Waals surface area contributed by atoms with Crippen molar-refractivity contribution in [2.45, 2.75) is 26.2 Å². The lowest BCUT2D eigenvalue weighted by atomic mass is 9.87. The molecule has 1 aromatic heterocycles. The van der Waals surface area contributed by atoms with Crippen LogP contribution < -0.4 is 5.73 Å². The molecule has 0 fully saturated rings. The molecular weight excluding hydrogens is 267 g/mol. The Bertz CT molecular complexity index is 815. The average molecular weight is 284 g/mol. The van der Waals surface area contributed by atoms with Crippen molar-refractivity contribution in [3.05, 3.63) is 47.8 Å². The molecule has 21 heavy (non-hydrogen) atoms. The van der Waals surface area contributed by atoms with E-state index in [2.05, 4.69) is 25.8 Å². The van der Waals surface area contributed by atoms with Crippen molar-refractivity contribution in [2.24, 2.45) is 0 Å². The quantitative estimate of drug-likeness (QED) is 0.669. The predicted molar refractivity (Wildman–Crippen MR) is 82.5 cm³/mol. The standard InChI is InChI=1S/C17H17FN2O/c1-17(2,3)11-5-7-15-14(9-11)20-16(21-15)10-4-6-13(19)12(18)8-10/h4-9H,19H2,1-3H3. The third kappa shape index (κ3) is 2.49. The smallest absolute Gasteiger partial charge is 0.227 e. The van der Waals surface area contributed by atoms with Gasteiger partial charge in [-0.1, -0.05) is 26.8 Å². The SMILES string of the molecule is CC(C)(C)c1ccc2oc(-c3ccc(N)c(F)c3)nc2c1. The fourth-order valence-corrected chi connectivity index (χ4v) is 2.18. The van der Waals surface area contributed by atoms with Gasteiger partial charge >= 0.3 is 0 Å². The molecule has 2 N–H and O–H groups in total. The number of anilines is 1. The van der Waals surface area contributed by atoms with Gasteiger partial charge in [-0.15, -0.1) is 0 Å². The van der Waals surface area contributed by atoms with Gasteiger partial charge in [-0.3, -0.25) is 0 Å². The largest absolute Gasteiger partial charge is 0.436 e. The van der Waals surface area contributed by atoms with Crippen LogP contribution in [-0.4, -0.2) is 4.98 Å². The third-order valence-electron chi connectivity index (χ3n) is 3.50. The molecule has 0 atom stereocenters. The molecule has 0 amide bonds. The van der Waals surface area contributed by atoms with E-state index in [4.69, 9.17) is 10.2 Å². The summed E-state index contributed by atoms with van der Waals surface area (Å²) in [6, 6.07) is 10.5. The van der Waals surface area contributed by atoms with Gasteiger partial charge in [0.25, 0.3) is 0 Å². The number of aromatic nitrogens is 1. The fraction of sp³-hybridized carbons (Fsp3) is 0.235. The first-order valence-electron chi connectivity index (χ1n) is 6.81.